The Bertz CT molecular complexity index is 670. The summed E-state index contributed by atoms with van der Waals surface area (Å²) >= 11 is 1.02. The first-order valence-electron chi connectivity index (χ1n) is 6.39. The lowest BCUT2D eigenvalue weighted by atomic mass is 10.0. The summed E-state index contributed by atoms with van der Waals surface area (Å²) in [6.07, 6.45) is -4.37. The van der Waals surface area contributed by atoms with Crippen LogP contribution in [0.2, 0.25) is 0 Å². The lowest BCUT2D eigenvalue weighted by Gasteiger charge is -2.15. The third-order valence-electron chi connectivity index (χ3n) is 3.15. The van der Waals surface area contributed by atoms with Crippen molar-refractivity contribution in [3.8, 4) is 0 Å². The Morgan fingerprint density at radius 3 is 2.68 bits per heavy atom. The van der Waals surface area contributed by atoms with Crippen LogP contribution in [0.4, 0.5) is 18.2 Å². The molecule has 8 heteroatoms. The summed E-state index contributed by atoms with van der Waals surface area (Å²) in [6, 6.07) is 6.26. The van der Waals surface area contributed by atoms with Crippen molar-refractivity contribution in [1.82, 2.24) is 5.32 Å². The van der Waals surface area contributed by atoms with E-state index in [2.05, 4.69) is 5.32 Å². The third kappa shape index (κ3) is 4.05. The standard InChI is InChI=1S/C14H13F3N2O2S/c1-9(11-3-2-4-12(6-11)14(15,16)17)18-7-10-5-13(19(20)21)22-8-10/h2-6,8-9,18H,7H2,1H3. The predicted molar refractivity (Wildman–Crippen MR) is 77.7 cm³/mol. The summed E-state index contributed by atoms with van der Waals surface area (Å²) in [5.74, 6) is 0. The van der Waals surface area contributed by atoms with Crippen molar-refractivity contribution in [2.24, 2.45) is 0 Å². The van der Waals surface area contributed by atoms with E-state index in [0.717, 1.165) is 29.0 Å². The molecule has 0 saturated carbocycles. The molecule has 2 aromatic rings. The zero-order chi connectivity index (χ0) is 16.3. The van der Waals surface area contributed by atoms with Crippen LogP contribution < -0.4 is 5.32 Å². The van der Waals surface area contributed by atoms with E-state index >= 15 is 0 Å². The lowest BCUT2D eigenvalue weighted by Crippen LogP contribution is -2.18. The molecule has 0 bridgehead atoms. The largest absolute Gasteiger partial charge is 0.416 e. The Kier molecular flexibility index (Phi) is 4.82. The highest BCUT2D eigenvalue weighted by atomic mass is 32.1. The number of hydrogen-bond acceptors (Lipinski definition) is 4. The Hall–Kier alpha value is -1.93. The molecule has 1 unspecified atom stereocenters. The molecule has 4 nitrogen and oxygen atoms in total. The summed E-state index contributed by atoms with van der Waals surface area (Å²) in [7, 11) is 0. The minimum atomic E-state index is -4.37. The van der Waals surface area contributed by atoms with Gasteiger partial charge in [0.1, 0.15) is 0 Å². The van der Waals surface area contributed by atoms with Crippen molar-refractivity contribution >= 4 is 16.3 Å². The number of hydrogen-bond donors (Lipinski definition) is 1. The van der Waals surface area contributed by atoms with Crippen LogP contribution in [-0.2, 0) is 12.7 Å². The number of halogens is 3. The monoisotopic (exact) mass is 330 g/mol. The van der Waals surface area contributed by atoms with Crippen LogP contribution in [0.5, 0.6) is 0 Å². The van der Waals surface area contributed by atoms with Crippen LogP contribution in [0.25, 0.3) is 0 Å². The van der Waals surface area contributed by atoms with Gasteiger partial charge in [-0.2, -0.15) is 13.2 Å². The molecule has 0 amide bonds. The Morgan fingerprint density at radius 2 is 2.09 bits per heavy atom. The average Bonchev–Trinajstić information content (AvgIpc) is 2.93. The van der Waals surface area contributed by atoms with Gasteiger partial charge in [0.2, 0.25) is 0 Å². The molecule has 0 fully saturated rings. The van der Waals surface area contributed by atoms with Gasteiger partial charge in [0.15, 0.2) is 0 Å². The van der Waals surface area contributed by atoms with Crippen molar-refractivity contribution in [3.63, 3.8) is 0 Å². The number of nitro groups is 1. The number of nitrogens with one attached hydrogen (secondary N) is 1. The molecule has 0 aliphatic carbocycles. The molecule has 0 aliphatic heterocycles. The first kappa shape index (κ1) is 16.4. The molecule has 1 heterocycles. The maximum absolute atomic E-state index is 12.7. The smallest absolute Gasteiger partial charge is 0.306 e. The minimum absolute atomic E-state index is 0.0449. The van der Waals surface area contributed by atoms with Crippen LogP contribution in [0.3, 0.4) is 0 Å². The van der Waals surface area contributed by atoms with Crippen LogP contribution in [-0.4, -0.2) is 4.92 Å². The van der Waals surface area contributed by atoms with Crippen LogP contribution >= 0.6 is 11.3 Å². The topological polar surface area (TPSA) is 55.2 Å². The van der Waals surface area contributed by atoms with E-state index in [0.29, 0.717) is 12.1 Å². The van der Waals surface area contributed by atoms with Crippen molar-refractivity contribution in [3.05, 3.63) is 62.5 Å². The van der Waals surface area contributed by atoms with Crippen LogP contribution in [0, 0.1) is 10.1 Å². The fourth-order valence-electron chi connectivity index (χ4n) is 1.92. The summed E-state index contributed by atoms with van der Waals surface area (Å²) in [6.45, 7) is 2.10. The van der Waals surface area contributed by atoms with E-state index in [1.165, 1.54) is 12.1 Å². The number of benzene rings is 1. The second kappa shape index (κ2) is 6.45. The summed E-state index contributed by atoms with van der Waals surface area (Å²) in [5.41, 5.74) is 0.555. The first-order valence-corrected chi connectivity index (χ1v) is 7.27. The molecule has 0 radical (unpaired) electrons. The zero-order valence-electron chi connectivity index (χ0n) is 11.6. The van der Waals surface area contributed by atoms with Gasteiger partial charge < -0.3 is 5.32 Å². The SMILES string of the molecule is CC(NCc1csc([N+](=O)[O-])c1)c1cccc(C(F)(F)F)c1. The number of nitrogens with zero attached hydrogens (tertiary/aromatic N) is 1. The molecule has 118 valence electrons. The van der Waals surface area contributed by atoms with Gasteiger partial charge in [0.25, 0.3) is 0 Å². The van der Waals surface area contributed by atoms with E-state index in [1.807, 2.05) is 0 Å². The van der Waals surface area contributed by atoms with E-state index in [1.54, 1.807) is 18.4 Å². The fraction of sp³-hybridized carbons (Fsp3) is 0.286. The summed E-state index contributed by atoms with van der Waals surface area (Å²) < 4.78 is 38.0. The molecule has 0 spiro atoms. The second-order valence-corrected chi connectivity index (χ2v) is 5.67. The fourth-order valence-corrected chi connectivity index (χ4v) is 2.65. The number of rotatable bonds is 5. The molecule has 22 heavy (non-hydrogen) atoms. The highest BCUT2D eigenvalue weighted by Crippen LogP contribution is 2.31. The van der Waals surface area contributed by atoms with Gasteiger partial charge in [0.05, 0.1) is 10.5 Å². The molecule has 2 rings (SSSR count). The van der Waals surface area contributed by atoms with E-state index in [-0.39, 0.29) is 11.0 Å². The van der Waals surface area contributed by atoms with Gasteiger partial charge in [-0.1, -0.05) is 23.5 Å². The molecule has 1 aromatic carbocycles. The molecule has 0 saturated heterocycles. The quantitative estimate of drug-likeness (QED) is 0.647. The molecular formula is C14H13F3N2O2S. The highest BCUT2D eigenvalue weighted by Gasteiger charge is 2.30. The Balaban J connectivity index is 2.02. The molecule has 1 aromatic heterocycles. The molecule has 1 N–H and O–H groups in total. The highest BCUT2D eigenvalue weighted by molar-refractivity contribution is 7.13. The molecule has 0 aliphatic rings. The summed E-state index contributed by atoms with van der Waals surface area (Å²) in [4.78, 5) is 10.1. The minimum Gasteiger partial charge on any atom is -0.306 e. The van der Waals surface area contributed by atoms with Crippen molar-refractivity contribution in [1.29, 1.82) is 0 Å². The third-order valence-corrected chi connectivity index (χ3v) is 4.08. The molecule has 1 atom stereocenters. The van der Waals surface area contributed by atoms with Gasteiger partial charge in [-0.25, -0.2) is 0 Å². The van der Waals surface area contributed by atoms with Crippen LogP contribution in [0.15, 0.2) is 35.7 Å². The lowest BCUT2D eigenvalue weighted by molar-refractivity contribution is -0.380. The predicted octanol–water partition coefficient (Wildman–Crippen LogP) is 4.53. The maximum Gasteiger partial charge on any atom is 0.416 e. The Labute approximate surface area is 128 Å². The van der Waals surface area contributed by atoms with Crippen molar-refractivity contribution in [2.45, 2.75) is 25.7 Å². The van der Waals surface area contributed by atoms with Gasteiger partial charge >= 0.3 is 11.2 Å². The van der Waals surface area contributed by atoms with Crippen molar-refractivity contribution in [2.75, 3.05) is 0 Å². The zero-order valence-corrected chi connectivity index (χ0v) is 12.4. The van der Waals surface area contributed by atoms with E-state index in [4.69, 9.17) is 0 Å². The van der Waals surface area contributed by atoms with E-state index in [9.17, 15) is 23.3 Å². The molecular weight excluding hydrogens is 317 g/mol. The van der Waals surface area contributed by atoms with Gasteiger partial charge in [-0.05, 0) is 30.2 Å². The average molecular weight is 330 g/mol. The number of thiophene rings is 1. The van der Waals surface area contributed by atoms with Gasteiger partial charge in [-0.3, -0.25) is 10.1 Å². The number of alkyl halides is 3. The van der Waals surface area contributed by atoms with Gasteiger partial charge in [0, 0.05) is 24.0 Å². The first-order chi connectivity index (χ1) is 10.3. The van der Waals surface area contributed by atoms with E-state index < -0.39 is 16.7 Å². The second-order valence-electron chi connectivity index (χ2n) is 4.78. The van der Waals surface area contributed by atoms with Gasteiger partial charge in [-0.15, -0.1) is 0 Å². The van der Waals surface area contributed by atoms with Crippen LogP contribution in [0.1, 0.15) is 29.7 Å². The Morgan fingerprint density at radius 1 is 1.36 bits per heavy atom. The van der Waals surface area contributed by atoms with Crippen molar-refractivity contribution < 1.29 is 18.1 Å². The normalized spacial score (nSPS) is 13.1. The maximum atomic E-state index is 12.7. The summed E-state index contributed by atoms with van der Waals surface area (Å²) in [5, 5.41) is 15.4.